The van der Waals surface area contributed by atoms with Gasteiger partial charge >= 0.3 is 0 Å². The van der Waals surface area contributed by atoms with Crippen molar-refractivity contribution >= 4 is 27.5 Å². The quantitative estimate of drug-likeness (QED) is 0.868. The number of oxazole rings is 1. The fourth-order valence-electron chi connectivity index (χ4n) is 1.67. The predicted octanol–water partition coefficient (Wildman–Crippen LogP) is 4.50. The Bertz CT molecular complexity index is 554. The Morgan fingerprint density at radius 3 is 2.89 bits per heavy atom. The number of hydrogen-bond acceptors (Lipinski definition) is 3. The van der Waals surface area contributed by atoms with Gasteiger partial charge in [-0.25, -0.2) is 4.98 Å². The summed E-state index contributed by atoms with van der Waals surface area (Å²) in [6.45, 7) is 5.90. The standard InChI is InChI=1S/C14H16BrClN2O/c1-9(2)6-17-8-14-18-7-13(19-14)11-4-3-10(15)5-12(11)16/h3-5,7,9,17H,6,8H2,1-2H3. The van der Waals surface area contributed by atoms with E-state index in [1.807, 2.05) is 18.2 Å². The molecule has 1 aromatic heterocycles. The van der Waals surface area contributed by atoms with Crippen LogP contribution in [0.2, 0.25) is 5.02 Å². The van der Waals surface area contributed by atoms with Gasteiger partial charge in [0.1, 0.15) is 0 Å². The summed E-state index contributed by atoms with van der Waals surface area (Å²) in [5, 5.41) is 3.94. The molecule has 0 fully saturated rings. The zero-order valence-electron chi connectivity index (χ0n) is 10.9. The van der Waals surface area contributed by atoms with Gasteiger partial charge in [0.05, 0.1) is 17.8 Å². The molecule has 0 amide bonds. The molecule has 19 heavy (non-hydrogen) atoms. The van der Waals surface area contributed by atoms with Crippen LogP contribution in [0.5, 0.6) is 0 Å². The summed E-state index contributed by atoms with van der Waals surface area (Å²) >= 11 is 9.57. The lowest BCUT2D eigenvalue weighted by molar-refractivity contribution is 0.459. The Hall–Kier alpha value is -0.840. The lowest BCUT2D eigenvalue weighted by Crippen LogP contribution is -2.18. The highest BCUT2D eigenvalue weighted by Gasteiger charge is 2.10. The Balaban J connectivity index is 2.08. The molecule has 1 aromatic carbocycles. The molecular formula is C14H16BrClN2O. The molecule has 0 saturated heterocycles. The summed E-state index contributed by atoms with van der Waals surface area (Å²) in [4.78, 5) is 4.25. The maximum atomic E-state index is 6.19. The molecule has 102 valence electrons. The maximum absolute atomic E-state index is 6.19. The van der Waals surface area contributed by atoms with E-state index < -0.39 is 0 Å². The first-order valence-corrected chi connectivity index (χ1v) is 7.34. The molecule has 5 heteroatoms. The third-order valence-electron chi connectivity index (χ3n) is 2.58. The minimum atomic E-state index is 0.607. The van der Waals surface area contributed by atoms with E-state index in [1.165, 1.54) is 0 Å². The molecule has 2 rings (SSSR count). The van der Waals surface area contributed by atoms with Crippen LogP contribution in [0.3, 0.4) is 0 Å². The van der Waals surface area contributed by atoms with Crippen LogP contribution in [-0.2, 0) is 6.54 Å². The number of hydrogen-bond donors (Lipinski definition) is 1. The fourth-order valence-corrected chi connectivity index (χ4v) is 2.44. The summed E-state index contributed by atoms with van der Waals surface area (Å²) in [5.41, 5.74) is 0.854. The van der Waals surface area contributed by atoms with Crippen molar-refractivity contribution in [3.05, 3.63) is 39.8 Å². The van der Waals surface area contributed by atoms with Crippen molar-refractivity contribution in [2.75, 3.05) is 6.54 Å². The number of halogens is 2. The second-order valence-corrected chi connectivity index (χ2v) is 6.09. The van der Waals surface area contributed by atoms with Gasteiger partial charge in [-0.05, 0) is 30.7 Å². The van der Waals surface area contributed by atoms with Crippen LogP contribution in [0.15, 0.2) is 33.3 Å². The predicted molar refractivity (Wildman–Crippen MR) is 81.2 cm³/mol. The van der Waals surface area contributed by atoms with Gasteiger partial charge in [-0.3, -0.25) is 0 Å². The van der Waals surface area contributed by atoms with Crippen LogP contribution in [0.25, 0.3) is 11.3 Å². The van der Waals surface area contributed by atoms with Crippen LogP contribution in [0.4, 0.5) is 0 Å². The first kappa shape index (κ1) is 14.6. The van der Waals surface area contributed by atoms with Gasteiger partial charge in [-0.15, -0.1) is 0 Å². The average Bonchev–Trinajstić information content (AvgIpc) is 2.77. The molecule has 1 N–H and O–H groups in total. The van der Waals surface area contributed by atoms with E-state index in [0.29, 0.717) is 29.1 Å². The third kappa shape index (κ3) is 4.06. The molecule has 0 unspecified atom stereocenters. The van der Waals surface area contributed by atoms with Gasteiger partial charge < -0.3 is 9.73 Å². The van der Waals surface area contributed by atoms with Crippen molar-refractivity contribution in [2.24, 2.45) is 5.92 Å². The Morgan fingerprint density at radius 2 is 2.21 bits per heavy atom. The van der Waals surface area contributed by atoms with E-state index in [2.05, 4.69) is 40.1 Å². The molecule has 0 aliphatic carbocycles. The molecule has 0 radical (unpaired) electrons. The van der Waals surface area contributed by atoms with E-state index in [1.54, 1.807) is 6.20 Å². The van der Waals surface area contributed by atoms with E-state index >= 15 is 0 Å². The SMILES string of the molecule is CC(C)CNCc1ncc(-c2ccc(Br)cc2Cl)o1. The lowest BCUT2D eigenvalue weighted by atomic mass is 10.2. The van der Waals surface area contributed by atoms with Crippen LogP contribution in [0, 0.1) is 5.92 Å². The monoisotopic (exact) mass is 342 g/mol. The van der Waals surface area contributed by atoms with Crippen molar-refractivity contribution in [3.8, 4) is 11.3 Å². The summed E-state index contributed by atoms with van der Waals surface area (Å²) in [5.74, 6) is 1.98. The molecule has 0 spiro atoms. The second kappa shape index (κ2) is 6.55. The van der Waals surface area contributed by atoms with Crippen LogP contribution in [-0.4, -0.2) is 11.5 Å². The highest BCUT2D eigenvalue weighted by molar-refractivity contribution is 9.10. The largest absolute Gasteiger partial charge is 0.439 e. The Labute approximate surface area is 126 Å². The topological polar surface area (TPSA) is 38.1 Å². The number of aromatic nitrogens is 1. The molecule has 0 aliphatic rings. The molecule has 2 aromatic rings. The molecule has 0 aliphatic heterocycles. The Morgan fingerprint density at radius 1 is 1.42 bits per heavy atom. The molecule has 1 heterocycles. The molecular weight excluding hydrogens is 328 g/mol. The highest BCUT2D eigenvalue weighted by atomic mass is 79.9. The minimum absolute atomic E-state index is 0.607. The van der Waals surface area contributed by atoms with Gasteiger partial charge in [0.2, 0.25) is 5.89 Å². The van der Waals surface area contributed by atoms with E-state index in [0.717, 1.165) is 16.6 Å². The van der Waals surface area contributed by atoms with Gasteiger partial charge in [-0.2, -0.15) is 0 Å². The van der Waals surface area contributed by atoms with Crippen molar-refractivity contribution < 1.29 is 4.42 Å². The van der Waals surface area contributed by atoms with Crippen molar-refractivity contribution in [1.82, 2.24) is 10.3 Å². The van der Waals surface area contributed by atoms with Gasteiger partial charge in [0, 0.05) is 10.0 Å². The zero-order chi connectivity index (χ0) is 13.8. The summed E-state index contributed by atoms with van der Waals surface area (Å²) in [7, 11) is 0. The minimum Gasteiger partial charge on any atom is -0.439 e. The first-order chi connectivity index (χ1) is 9.06. The van der Waals surface area contributed by atoms with E-state index in [-0.39, 0.29) is 0 Å². The number of benzene rings is 1. The zero-order valence-corrected chi connectivity index (χ0v) is 13.3. The summed E-state index contributed by atoms with van der Waals surface area (Å²) < 4.78 is 6.64. The molecule has 0 bridgehead atoms. The first-order valence-electron chi connectivity index (χ1n) is 6.17. The van der Waals surface area contributed by atoms with Crippen LogP contribution >= 0.6 is 27.5 Å². The number of rotatable bonds is 5. The van der Waals surface area contributed by atoms with Gasteiger partial charge in [-0.1, -0.05) is 41.4 Å². The van der Waals surface area contributed by atoms with E-state index in [4.69, 9.17) is 16.0 Å². The molecule has 3 nitrogen and oxygen atoms in total. The third-order valence-corrected chi connectivity index (χ3v) is 3.38. The second-order valence-electron chi connectivity index (χ2n) is 4.77. The molecule has 0 saturated carbocycles. The smallest absolute Gasteiger partial charge is 0.208 e. The summed E-state index contributed by atoms with van der Waals surface area (Å²) in [6, 6.07) is 5.69. The van der Waals surface area contributed by atoms with Crippen LogP contribution in [0.1, 0.15) is 19.7 Å². The maximum Gasteiger partial charge on any atom is 0.208 e. The number of nitrogens with zero attached hydrogens (tertiary/aromatic N) is 1. The summed E-state index contributed by atoms with van der Waals surface area (Å²) in [6.07, 6.45) is 1.71. The Kier molecular flexibility index (Phi) is 5.02. The van der Waals surface area contributed by atoms with E-state index in [9.17, 15) is 0 Å². The fraction of sp³-hybridized carbons (Fsp3) is 0.357. The lowest BCUT2D eigenvalue weighted by Gasteiger charge is -2.04. The van der Waals surface area contributed by atoms with Crippen molar-refractivity contribution in [3.63, 3.8) is 0 Å². The van der Waals surface area contributed by atoms with Crippen LogP contribution < -0.4 is 5.32 Å². The van der Waals surface area contributed by atoms with Crippen molar-refractivity contribution in [2.45, 2.75) is 20.4 Å². The van der Waals surface area contributed by atoms with Gasteiger partial charge in [0.25, 0.3) is 0 Å². The number of nitrogens with one attached hydrogen (secondary N) is 1. The van der Waals surface area contributed by atoms with Gasteiger partial charge in [0.15, 0.2) is 5.76 Å². The van der Waals surface area contributed by atoms with Crippen molar-refractivity contribution in [1.29, 1.82) is 0 Å². The normalized spacial score (nSPS) is 11.2. The molecule has 0 atom stereocenters. The highest BCUT2D eigenvalue weighted by Crippen LogP contribution is 2.30. The average molecular weight is 344 g/mol.